The molecule has 3 aromatic rings. The monoisotopic (exact) mass is 326 g/mol. The van der Waals surface area contributed by atoms with Crippen LogP contribution in [0.3, 0.4) is 0 Å². The molecule has 0 spiro atoms. The summed E-state index contributed by atoms with van der Waals surface area (Å²) in [5, 5.41) is 4.42. The Labute approximate surface area is 141 Å². The van der Waals surface area contributed by atoms with Crippen molar-refractivity contribution in [2.75, 3.05) is 6.54 Å². The number of nitrogens with zero attached hydrogens (tertiary/aromatic N) is 4. The second-order valence-corrected chi connectivity index (χ2v) is 6.51. The van der Waals surface area contributed by atoms with Gasteiger partial charge in [-0.2, -0.15) is 5.10 Å². The van der Waals surface area contributed by atoms with E-state index < -0.39 is 0 Å². The maximum Gasteiger partial charge on any atom is 0.263 e. The zero-order valence-electron chi connectivity index (χ0n) is 14.1. The van der Waals surface area contributed by atoms with E-state index in [1.165, 1.54) is 18.4 Å². The number of aromatic nitrogens is 3. The molecule has 1 aliphatic rings. The molecule has 1 saturated heterocycles. The van der Waals surface area contributed by atoms with Crippen LogP contribution in [0.5, 0.6) is 0 Å². The molecule has 1 fully saturated rings. The molecule has 0 saturated carbocycles. The average molecular weight is 326 g/mol. The van der Waals surface area contributed by atoms with Crippen molar-refractivity contribution in [1.82, 2.24) is 19.7 Å². The molecule has 6 nitrogen and oxygen atoms in total. The summed E-state index contributed by atoms with van der Waals surface area (Å²) >= 11 is 0. The molecule has 1 atom stereocenters. The second kappa shape index (κ2) is 6.28. The molecule has 0 bridgehead atoms. The van der Waals surface area contributed by atoms with Gasteiger partial charge in [-0.1, -0.05) is 0 Å². The van der Waals surface area contributed by atoms with Gasteiger partial charge in [-0.05, 0) is 50.9 Å². The van der Waals surface area contributed by atoms with Crippen LogP contribution in [0.25, 0.3) is 11.7 Å². The van der Waals surface area contributed by atoms with Crippen molar-refractivity contribution in [2.45, 2.75) is 45.8 Å². The number of likely N-dealkylation sites (tertiary alicyclic amines) is 1. The van der Waals surface area contributed by atoms with Gasteiger partial charge in [0.2, 0.25) is 0 Å². The van der Waals surface area contributed by atoms with Crippen LogP contribution in [-0.2, 0) is 13.1 Å². The van der Waals surface area contributed by atoms with Gasteiger partial charge < -0.3 is 8.83 Å². The fourth-order valence-electron chi connectivity index (χ4n) is 3.37. The highest BCUT2D eigenvalue weighted by Crippen LogP contribution is 2.26. The zero-order chi connectivity index (χ0) is 16.5. The predicted octanol–water partition coefficient (Wildman–Crippen LogP) is 3.41. The molecule has 4 rings (SSSR count). The van der Waals surface area contributed by atoms with Crippen LogP contribution in [0, 0.1) is 13.8 Å². The third-order valence-corrected chi connectivity index (χ3v) is 4.64. The number of hydrogen-bond donors (Lipinski definition) is 0. The molecular weight excluding hydrogens is 304 g/mol. The fourth-order valence-corrected chi connectivity index (χ4v) is 3.37. The van der Waals surface area contributed by atoms with E-state index in [0.717, 1.165) is 31.1 Å². The lowest BCUT2D eigenvalue weighted by atomic mass is 10.2. The van der Waals surface area contributed by atoms with E-state index in [0.29, 0.717) is 17.7 Å². The highest BCUT2D eigenvalue weighted by atomic mass is 16.4. The number of aryl methyl sites for hydroxylation is 2. The van der Waals surface area contributed by atoms with Crippen LogP contribution in [0.2, 0.25) is 0 Å². The lowest BCUT2D eigenvalue weighted by Crippen LogP contribution is -2.33. The molecule has 0 aliphatic carbocycles. The number of hydrogen-bond acceptors (Lipinski definition) is 5. The summed E-state index contributed by atoms with van der Waals surface area (Å²) in [5.41, 5.74) is 2.19. The van der Waals surface area contributed by atoms with E-state index >= 15 is 0 Å². The van der Waals surface area contributed by atoms with Crippen molar-refractivity contribution in [3.63, 3.8) is 0 Å². The van der Waals surface area contributed by atoms with Gasteiger partial charge in [-0.3, -0.25) is 9.58 Å². The number of oxazole rings is 1. The van der Waals surface area contributed by atoms with Crippen molar-refractivity contribution in [1.29, 1.82) is 0 Å². The Morgan fingerprint density at radius 3 is 3.00 bits per heavy atom. The van der Waals surface area contributed by atoms with Gasteiger partial charge in [0, 0.05) is 18.8 Å². The molecule has 6 heteroatoms. The molecule has 0 N–H and O–H groups in total. The van der Waals surface area contributed by atoms with Crippen LogP contribution >= 0.6 is 0 Å². The Hall–Kier alpha value is -2.34. The molecule has 1 aliphatic heterocycles. The van der Waals surface area contributed by atoms with Crippen LogP contribution < -0.4 is 0 Å². The summed E-state index contributed by atoms with van der Waals surface area (Å²) in [6.45, 7) is 6.87. The average Bonchev–Trinajstić information content (AvgIpc) is 3.31. The summed E-state index contributed by atoms with van der Waals surface area (Å²) in [6.07, 6.45) is 8.06. The number of rotatable bonds is 5. The Morgan fingerprint density at radius 2 is 2.25 bits per heavy atom. The molecule has 4 heterocycles. The summed E-state index contributed by atoms with van der Waals surface area (Å²) in [5.74, 6) is 2.10. The minimum Gasteiger partial charge on any atom is -0.459 e. The quantitative estimate of drug-likeness (QED) is 0.719. The first-order valence-electron chi connectivity index (χ1n) is 8.42. The Bertz CT molecular complexity index is 803. The lowest BCUT2D eigenvalue weighted by molar-refractivity contribution is 0.216. The maximum absolute atomic E-state index is 5.78. The first kappa shape index (κ1) is 15.2. The summed E-state index contributed by atoms with van der Waals surface area (Å²) in [4.78, 5) is 7.12. The zero-order valence-corrected chi connectivity index (χ0v) is 14.1. The Balaban J connectivity index is 1.48. The molecule has 3 aromatic heterocycles. The first-order valence-corrected chi connectivity index (χ1v) is 8.42. The van der Waals surface area contributed by atoms with Crippen molar-refractivity contribution in [3.05, 3.63) is 47.8 Å². The third-order valence-electron chi connectivity index (χ3n) is 4.64. The van der Waals surface area contributed by atoms with E-state index in [1.807, 2.05) is 29.9 Å². The van der Waals surface area contributed by atoms with Gasteiger partial charge in [-0.25, -0.2) is 4.98 Å². The highest BCUT2D eigenvalue weighted by Gasteiger charge is 2.27. The van der Waals surface area contributed by atoms with E-state index in [-0.39, 0.29) is 0 Å². The van der Waals surface area contributed by atoms with Gasteiger partial charge in [-0.15, -0.1) is 0 Å². The highest BCUT2D eigenvalue weighted by molar-refractivity contribution is 5.44. The van der Waals surface area contributed by atoms with Crippen LogP contribution in [0.1, 0.15) is 29.9 Å². The second-order valence-electron chi connectivity index (χ2n) is 6.51. The van der Waals surface area contributed by atoms with E-state index in [9.17, 15) is 0 Å². The van der Waals surface area contributed by atoms with Crippen molar-refractivity contribution < 1.29 is 8.83 Å². The topological polar surface area (TPSA) is 60.2 Å². The van der Waals surface area contributed by atoms with Gasteiger partial charge in [0.15, 0.2) is 5.76 Å². The molecule has 1 unspecified atom stereocenters. The maximum atomic E-state index is 5.78. The van der Waals surface area contributed by atoms with E-state index in [1.54, 1.807) is 6.26 Å². The van der Waals surface area contributed by atoms with Crippen molar-refractivity contribution in [3.8, 4) is 11.7 Å². The largest absolute Gasteiger partial charge is 0.459 e. The normalized spacial score (nSPS) is 18.5. The molecular formula is C18H22N4O2. The van der Waals surface area contributed by atoms with Gasteiger partial charge in [0.1, 0.15) is 5.76 Å². The standard InChI is InChI=1S/C18H22N4O2/c1-13-9-19-22(10-13)11-15-5-3-7-21(15)12-16-14(2)24-18(20-16)17-6-4-8-23-17/h4,6,8-10,15H,3,5,7,11-12H2,1-2H3. The smallest absolute Gasteiger partial charge is 0.263 e. The summed E-state index contributed by atoms with van der Waals surface area (Å²) in [6, 6.07) is 4.21. The number of furan rings is 1. The minimum absolute atomic E-state index is 0.493. The molecule has 0 radical (unpaired) electrons. The molecule has 0 aromatic carbocycles. The Morgan fingerprint density at radius 1 is 1.33 bits per heavy atom. The third kappa shape index (κ3) is 3.01. The van der Waals surface area contributed by atoms with Gasteiger partial charge in [0.25, 0.3) is 5.89 Å². The van der Waals surface area contributed by atoms with Crippen LogP contribution in [0.15, 0.2) is 39.6 Å². The van der Waals surface area contributed by atoms with E-state index in [4.69, 9.17) is 8.83 Å². The first-order chi connectivity index (χ1) is 11.7. The Kier molecular flexibility index (Phi) is 3.98. The molecule has 0 amide bonds. The predicted molar refractivity (Wildman–Crippen MR) is 89.3 cm³/mol. The van der Waals surface area contributed by atoms with Crippen molar-refractivity contribution >= 4 is 0 Å². The molecule has 24 heavy (non-hydrogen) atoms. The van der Waals surface area contributed by atoms with Gasteiger partial charge in [0.05, 0.1) is 24.7 Å². The summed E-state index contributed by atoms with van der Waals surface area (Å²) in [7, 11) is 0. The van der Waals surface area contributed by atoms with Crippen LogP contribution in [0.4, 0.5) is 0 Å². The van der Waals surface area contributed by atoms with Crippen molar-refractivity contribution in [2.24, 2.45) is 0 Å². The fraction of sp³-hybridized carbons (Fsp3) is 0.444. The van der Waals surface area contributed by atoms with Gasteiger partial charge >= 0.3 is 0 Å². The van der Waals surface area contributed by atoms with Crippen LogP contribution in [-0.4, -0.2) is 32.3 Å². The molecule has 126 valence electrons. The SMILES string of the molecule is Cc1cnn(CC2CCCN2Cc2nc(-c3ccco3)oc2C)c1. The minimum atomic E-state index is 0.493. The summed E-state index contributed by atoms with van der Waals surface area (Å²) < 4.78 is 13.2. The van der Waals surface area contributed by atoms with E-state index in [2.05, 4.69) is 28.1 Å². The lowest BCUT2D eigenvalue weighted by Gasteiger charge is -2.23.